The van der Waals surface area contributed by atoms with Gasteiger partial charge in [0.25, 0.3) is 5.91 Å². The first-order valence-corrected chi connectivity index (χ1v) is 7.44. The van der Waals surface area contributed by atoms with Gasteiger partial charge in [-0.15, -0.1) is 11.3 Å². The van der Waals surface area contributed by atoms with E-state index >= 15 is 0 Å². The van der Waals surface area contributed by atoms with E-state index in [1.807, 2.05) is 0 Å². The first-order chi connectivity index (χ1) is 10.1. The van der Waals surface area contributed by atoms with Crippen LogP contribution in [-0.2, 0) is 9.47 Å². The van der Waals surface area contributed by atoms with Crippen LogP contribution in [0.15, 0.2) is 0 Å². The van der Waals surface area contributed by atoms with Gasteiger partial charge in [-0.05, 0) is 6.42 Å². The van der Waals surface area contributed by atoms with Crippen molar-refractivity contribution in [3.63, 3.8) is 0 Å². The van der Waals surface area contributed by atoms with Crippen LogP contribution in [-0.4, -0.2) is 45.8 Å². The van der Waals surface area contributed by atoms with Crippen LogP contribution in [0.4, 0.5) is 10.7 Å². The first kappa shape index (κ1) is 15.6. The van der Waals surface area contributed by atoms with Gasteiger partial charge < -0.3 is 25.8 Å². The third kappa shape index (κ3) is 3.27. The Hall–Kier alpha value is -1.80. The normalized spacial score (nSPS) is 17.5. The molecule has 1 aliphatic rings. The molecule has 1 saturated heterocycles. The van der Waals surface area contributed by atoms with E-state index in [2.05, 4.69) is 15.4 Å². The summed E-state index contributed by atoms with van der Waals surface area (Å²) in [6.45, 7) is 2.13. The summed E-state index contributed by atoms with van der Waals surface area (Å²) >= 11 is 1.13. The highest BCUT2D eigenvalue weighted by Gasteiger charge is 2.26. The molecule has 0 bridgehead atoms. The second-order valence-electron chi connectivity index (χ2n) is 4.73. The number of esters is 1. The van der Waals surface area contributed by atoms with E-state index in [1.54, 1.807) is 0 Å². The molecule has 0 aliphatic carbocycles. The Morgan fingerprint density at radius 2 is 2.29 bits per heavy atom. The van der Waals surface area contributed by atoms with Crippen LogP contribution in [0.25, 0.3) is 0 Å². The third-order valence-corrected chi connectivity index (χ3v) is 4.49. The second-order valence-corrected chi connectivity index (χ2v) is 5.75. The summed E-state index contributed by atoms with van der Waals surface area (Å²) in [5.74, 6) is -0.476. The second kappa shape index (κ2) is 6.77. The summed E-state index contributed by atoms with van der Waals surface area (Å²) in [5, 5.41) is 6.31. The predicted molar refractivity (Wildman–Crippen MR) is 80.9 cm³/mol. The largest absolute Gasteiger partial charge is 0.465 e. The predicted octanol–water partition coefficient (Wildman–Crippen LogP) is 0.925. The summed E-state index contributed by atoms with van der Waals surface area (Å²) in [6, 6.07) is 0. The topological polar surface area (TPSA) is 103 Å². The number of amides is 1. The minimum Gasteiger partial charge on any atom is -0.465 e. The van der Waals surface area contributed by atoms with Crippen molar-refractivity contribution in [2.24, 2.45) is 5.92 Å². The fourth-order valence-electron chi connectivity index (χ4n) is 2.14. The van der Waals surface area contributed by atoms with E-state index in [0.717, 1.165) is 24.4 Å². The molecular weight excluding hydrogens is 294 g/mol. The Balaban J connectivity index is 2.24. The standard InChI is InChI=1S/C13H19N3O4S/c1-15-11(17)8-9(14)10(13(18)19-2)21-12(8)16-5-7-3-4-20-6-7/h7,16H,3-6,14H2,1-2H3,(H,15,17). The third-order valence-electron chi connectivity index (χ3n) is 3.35. The minimum absolute atomic E-state index is 0.149. The van der Waals surface area contributed by atoms with Crippen LogP contribution in [0.5, 0.6) is 0 Å². The summed E-state index contributed by atoms with van der Waals surface area (Å²) in [6.07, 6.45) is 0.979. The van der Waals surface area contributed by atoms with E-state index in [9.17, 15) is 9.59 Å². The van der Waals surface area contributed by atoms with Gasteiger partial charge in [0.15, 0.2) is 0 Å². The number of thiophene rings is 1. The van der Waals surface area contributed by atoms with E-state index in [4.69, 9.17) is 10.5 Å². The molecule has 0 saturated carbocycles. The molecule has 116 valence electrons. The lowest BCUT2D eigenvalue weighted by Gasteiger charge is -2.10. The number of ether oxygens (including phenoxy) is 2. The molecule has 0 spiro atoms. The van der Waals surface area contributed by atoms with Crippen molar-refractivity contribution in [3.05, 3.63) is 10.4 Å². The van der Waals surface area contributed by atoms with Crippen molar-refractivity contribution < 1.29 is 19.1 Å². The number of carbonyl (C=O) groups excluding carboxylic acids is 2. The maximum absolute atomic E-state index is 12.0. The quantitative estimate of drug-likeness (QED) is 0.699. The highest BCUT2D eigenvalue weighted by molar-refractivity contribution is 7.19. The molecule has 21 heavy (non-hydrogen) atoms. The van der Waals surface area contributed by atoms with Gasteiger partial charge >= 0.3 is 5.97 Å². The molecule has 8 heteroatoms. The number of methoxy groups -OCH3 is 1. The van der Waals surface area contributed by atoms with Crippen molar-refractivity contribution in [2.75, 3.05) is 45.0 Å². The Bertz CT molecular complexity index is 538. The van der Waals surface area contributed by atoms with Gasteiger partial charge in [0, 0.05) is 26.1 Å². The highest BCUT2D eigenvalue weighted by Crippen LogP contribution is 2.36. The molecule has 0 radical (unpaired) electrons. The SMILES string of the molecule is CNC(=O)c1c(NCC2CCOC2)sc(C(=O)OC)c1N. The highest BCUT2D eigenvalue weighted by atomic mass is 32.1. The molecule has 1 amide bonds. The molecule has 1 aliphatic heterocycles. The van der Waals surface area contributed by atoms with E-state index in [1.165, 1.54) is 14.2 Å². The van der Waals surface area contributed by atoms with Gasteiger partial charge in [-0.25, -0.2) is 4.79 Å². The minimum atomic E-state index is -0.542. The van der Waals surface area contributed by atoms with Crippen LogP contribution >= 0.6 is 11.3 Å². The summed E-state index contributed by atoms with van der Waals surface area (Å²) in [4.78, 5) is 23.9. The Kier molecular flexibility index (Phi) is 5.03. The lowest BCUT2D eigenvalue weighted by molar-refractivity contribution is 0.0607. The average molecular weight is 313 g/mol. The molecule has 7 nitrogen and oxygen atoms in total. The van der Waals surface area contributed by atoms with Gasteiger partial charge in [0.05, 0.1) is 25.0 Å². The fourth-order valence-corrected chi connectivity index (χ4v) is 3.19. The molecule has 2 rings (SSSR count). The van der Waals surface area contributed by atoms with Crippen LogP contribution < -0.4 is 16.4 Å². The summed E-state index contributed by atoms with van der Waals surface area (Å²) < 4.78 is 10.0. The van der Waals surface area contributed by atoms with Gasteiger partial charge in [-0.3, -0.25) is 4.79 Å². The Labute approximate surface area is 126 Å². The van der Waals surface area contributed by atoms with E-state index < -0.39 is 5.97 Å². The van der Waals surface area contributed by atoms with Crippen LogP contribution in [0.2, 0.25) is 0 Å². The summed E-state index contributed by atoms with van der Waals surface area (Å²) in [5.41, 5.74) is 6.37. The van der Waals surface area contributed by atoms with Gasteiger partial charge in [-0.1, -0.05) is 0 Å². The lowest BCUT2D eigenvalue weighted by atomic mass is 10.1. The average Bonchev–Trinajstić information content (AvgIpc) is 3.11. The van der Waals surface area contributed by atoms with Crippen LogP contribution in [0.3, 0.4) is 0 Å². The monoisotopic (exact) mass is 313 g/mol. The van der Waals surface area contributed by atoms with Crippen molar-refractivity contribution in [2.45, 2.75) is 6.42 Å². The number of rotatable bonds is 5. The van der Waals surface area contributed by atoms with Gasteiger partial charge in [-0.2, -0.15) is 0 Å². The number of hydrogen-bond donors (Lipinski definition) is 3. The van der Waals surface area contributed by atoms with Gasteiger partial charge in [0.1, 0.15) is 9.88 Å². The number of hydrogen-bond acceptors (Lipinski definition) is 7. The molecule has 1 aromatic heterocycles. The molecular formula is C13H19N3O4S. The number of nitrogen functional groups attached to an aromatic ring is 1. The van der Waals surface area contributed by atoms with Crippen molar-refractivity contribution >= 4 is 33.9 Å². The number of nitrogens with one attached hydrogen (secondary N) is 2. The maximum atomic E-state index is 12.0. The zero-order valence-corrected chi connectivity index (χ0v) is 12.8. The lowest BCUT2D eigenvalue weighted by Crippen LogP contribution is -2.21. The molecule has 1 atom stereocenters. The number of carbonyl (C=O) groups is 2. The van der Waals surface area contributed by atoms with Gasteiger partial charge in [0.2, 0.25) is 0 Å². The molecule has 0 aromatic carbocycles. The number of nitrogens with two attached hydrogens (primary N) is 1. The number of anilines is 2. The Morgan fingerprint density at radius 3 is 2.86 bits per heavy atom. The maximum Gasteiger partial charge on any atom is 0.350 e. The zero-order valence-electron chi connectivity index (χ0n) is 12.0. The molecule has 4 N–H and O–H groups in total. The zero-order chi connectivity index (χ0) is 15.4. The fraction of sp³-hybridized carbons (Fsp3) is 0.538. The van der Waals surface area contributed by atoms with E-state index in [-0.39, 0.29) is 16.5 Å². The molecule has 1 fully saturated rings. The molecule has 1 aromatic rings. The van der Waals surface area contributed by atoms with Crippen LogP contribution in [0.1, 0.15) is 26.5 Å². The smallest absolute Gasteiger partial charge is 0.350 e. The van der Waals surface area contributed by atoms with E-state index in [0.29, 0.717) is 29.6 Å². The van der Waals surface area contributed by atoms with Crippen molar-refractivity contribution in [3.8, 4) is 0 Å². The summed E-state index contributed by atoms with van der Waals surface area (Å²) in [7, 11) is 2.80. The van der Waals surface area contributed by atoms with Crippen LogP contribution in [0, 0.1) is 5.92 Å². The Morgan fingerprint density at radius 1 is 1.52 bits per heavy atom. The van der Waals surface area contributed by atoms with Crippen molar-refractivity contribution in [1.82, 2.24) is 5.32 Å². The molecule has 2 heterocycles. The van der Waals surface area contributed by atoms with Crippen molar-refractivity contribution in [1.29, 1.82) is 0 Å². The first-order valence-electron chi connectivity index (χ1n) is 6.62. The molecule has 1 unspecified atom stereocenters.